The molecule has 0 aliphatic carbocycles. The standard InChI is InChI=1S/C28H24O3/c1-2-19-28(23-12-5-3-6-13-23,31-24-14-7-4-8-15-24)27-22(20-26(29)30)18-17-21-11-9-10-16-25(21)27/h2-18H,1,19-20H2,(H,29,30). The zero-order valence-electron chi connectivity index (χ0n) is 17.2. The maximum atomic E-state index is 11.8. The summed E-state index contributed by atoms with van der Waals surface area (Å²) < 4.78 is 6.78. The second kappa shape index (κ2) is 8.88. The molecule has 0 spiro atoms. The van der Waals surface area contributed by atoms with Gasteiger partial charge in [0, 0.05) is 17.5 Å². The summed E-state index contributed by atoms with van der Waals surface area (Å²) in [5.41, 5.74) is 1.60. The first kappa shape index (κ1) is 20.4. The summed E-state index contributed by atoms with van der Waals surface area (Å²) in [6.45, 7) is 4.01. The number of rotatable bonds is 8. The fraction of sp³-hybridized carbons (Fsp3) is 0.107. The van der Waals surface area contributed by atoms with Gasteiger partial charge in [0.25, 0.3) is 0 Å². The number of benzene rings is 4. The molecule has 154 valence electrons. The monoisotopic (exact) mass is 408 g/mol. The lowest BCUT2D eigenvalue weighted by atomic mass is 9.77. The highest BCUT2D eigenvalue weighted by Gasteiger charge is 2.39. The molecular weight excluding hydrogens is 384 g/mol. The van der Waals surface area contributed by atoms with Gasteiger partial charge in [0.05, 0.1) is 6.42 Å². The third-order valence-electron chi connectivity index (χ3n) is 5.47. The lowest BCUT2D eigenvalue weighted by Gasteiger charge is -2.37. The van der Waals surface area contributed by atoms with Crippen LogP contribution in [0.25, 0.3) is 10.8 Å². The minimum Gasteiger partial charge on any atom is -0.481 e. The summed E-state index contributed by atoms with van der Waals surface area (Å²) in [6, 6.07) is 31.5. The van der Waals surface area contributed by atoms with E-state index in [0.717, 1.165) is 27.5 Å². The number of carbonyl (C=O) groups is 1. The Morgan fingerprint density at radius 1 is 0.871 bits per heavy atom. The Kier molecular flexibility index (Phi) is 5.85. The predicted octanol–water partition coefficient (Wildman–Crippen LogP) is 6.37. The highest BCUT2D eigenvalue weighted by molar-refractivity contribution is 5.89. The number of para-hydroxylation sites is 1. The van der Waals surface area contributed by atoms with Crippen LogP contribution in [-0.4, -0.2) is 11.1 Å². The fourth-order valence-electron chi connectivity index (χ4n) is 4.22. The quantitative estimate of drug-likeness (QED) is 0.345. The van der Waals surface area contributed by atoms with E-state index in [1.807, 2.05) is 103 Å². The van der Waals surface area contributed by atoms with E-state index in [-0.39, 0.29) is 6.42 Å². The molecule has 4 aromatic carbocycles. The van der Waals surface area contributed by atoms with Crippen LogP contribution in [0.4, 0.5) is 0 Å². The average molecular weight is 408 g/mol. The van der Waals surface area contributed by atoms with Crippen LogP contribution in [0.2, 0.25) is 0 Å². The first-order valence-corrected chi connectivity index (χ1v) is 10.3. The van der Waals surface area contributed by atoms with Gasteiger partial charge < -0.3 is 9.84 Å². The van der Waals surface area contributed by atoms with Crippen molar-refractivity contribution in [2.45, 2.75) is 18.4 Å². The maximum Gasteiger partial charge on any atom is 0.307 e. The molecule has 0 amide bonds. The van der Waals surface area contributed by atoms with Gasteiger partial charge in [0.15, 0.2) is 5.60 Å². The first-order chi connectivity index (χ1) is 15.1. The van der Waals surface area contributed by atoms with Crippen LogP contribution in [0.1, 0.15) is 23.1 Å². The highest BCUT2D eigenvalue weighted by atomic mass is 16.5. The molecule has 0 radical (unpaired) electrons. The van der Waals surface area contributed by atoms with Crippen LogP contribution in [0.3, 0.4) is 0 Å². The molecule has 0 heterocycles. The second-order valence-electron chi connectivity index (χ2n) is 7.49. The normalized spacial score (nSPS) is 12.8. The average Bonchev–Trinajstić information content (AvgIpc) is 2.79. The van der Waals surface area contributed by atoms with E-state index in [9.17, 15) is 9.90 Å². The smallest absolute Gasteiger partial charge is 0.307 e. The molecule has 1 atom stereocenters. The molecule has 31 heavy (non-hydrogen) atoms. The van der Waals surface area contributed by atoms with Gasteiger partial charge >= 0.3 is 5.97 Å². The third-order valence-corrected chi connectivity index (χ3v) is 5.47. The summed E-state index contributed by atoms with van der Waals surface area (Å²) >= 11 is 0. The van der Waals surface area contributed by atoms with Crippen molar-refractivity contribution in [3.63, 3.8) is 0 Å². The van der Waals surface area contributed by atoms with E-state index in [1.54, 1.807) is 0 Å². The Morgan fingerprint density at radius 2 is 1.52 bits per heavy atom. The van der Waals surface area contributed by atoms with E-state index in [1.165, 1.54) is 0 Å². The van der Waals surface area contributed by atoms with Crippen molar-refractivity contribution >= 4 is 16.7 Å². The minimum atomic E-state index is -0.935. The van der Waals surface area contributed by atoms with Gasteiger partial charge in [-0.15, -0.1) is 6.58 Å². The van der Waals surface area contributed by atoms with Crippen LogP contribution in [0, 0.1) is 0 Å². The number of aliphatic carboxylic acids is 1. The number of hydrogen-bond donors (Lipinski definition) is 1. The lowest BCUT2D eigenvalue weighted by molar-refractivity contribution is -0.136. The summed E-state index contributed by atoms with van der Waals surface area (Å²) in [7, 11) is 0. The molecule has 0 bridgehead atoms. The summed E-state index contributed by atoms with van der Waals surface area (Å²) in [6.07, 6.45) is 2.22. The zero-order valence-corrected chi connectivity index (χ0v) is 17.2. The Balaban J connectivity index is 2.09. The molecule has 0 fully saturated rings. The molecule has 0 aliphatic rings. The number of fused-ring (bicyclic) bond motifs is 1. The van der Waals surface area contributed by atoms with Crippen molar-refractivity contribution in [2.75, 3.05) is 0 Å². The summed E-state index contributed by atoms with van der Waals surface area (Å²) in [5.74, 6) is -0.167. The summed E-state index contributed by atoms with van der Waals surface area (Å²) in [4.78, 5) is 11.8. The lowest BCUT2D eigenvalue weighted by Crippen LogP contribution is -2.36. The maximum absolute atomic E-state index is 11.8. The molecule has 1 unspecified atom stereocenters. The van der Waals surface area contributed by atoms with Crippen molar-refractivity contribution in [1.82, 2.24) is 0 Å². The van der Waals surface area contributed by atoms with Crippen LogP contribution in [-0.2, 0) is 16.8 Å². The van der Waals surface area contributed by atoms with Gasteiger partial charge in [-0.25, -0.2) is 0 Å². The molecule has 0 saturated carbocycles. The van der Waals surface area contributed by atoms with E-state index >= 15 is 0 Å². The van der Waals surface area contributed by atoms with E-state index in [4.69, 9.17) is 4.74 Å². The van der Waals surface area contributed by atoms with E-state index in [2.05, 4.69) is 6.58 Å². The molecule has 0 aliphatic heterocycles. The zero-order chi connectivity index (χ0) is 21.7. The molecule has 0 saturated heterocycles. The Bertz CT molecular complexity index is 1200. The number of ether oxygens (including phenoxy) is 1. The number of hydrogen-bond acceptors (Lipinski definition) is 2. The van der Waals surface area contributed by atoms with Crippen molar-refractivity contribution < 1.29 is 14.6 Å². The third kappa shape index (κ3) is 4.08. The largest absolute Gasteiger partial charge is 0.481 e. The Labute approximate surface area is 182 Å². The van der Waals surface area contributed by atoms with Gasteiger partial charge in [0.2, 0.25) is 0 Å². The Hall–Kier alpha value is -3.85. The number of carboxylic acids is 1. The SMILES string of the molecule is C=CCC(Oc1ccccc1)(c1ccccc1)c1c(CC(=O)O)ccc2ccccc12. The molecular formula is C28H24O3. The van der Waals surface area contributed by atoms with Crippen molar-refractivity contribution in [3.05, 3.63) is 126 Å². The van der Waals surface area contributed by atoms with Crippen molar-refractivity contribution in [3.8, 4) is 5.75 Å². The molecule has 3 nitrogen and oxygen atoms in total. The first-order valence-electron chi connectivity index (χ1n) is 10.3. The fourth-order valence-corrected chi connectivity index (χ4v) is 4.22. The molecule has 3 heteroatoms. The Morgan fingerprint density at radius 3 is 2.19 bits per heavy atom. The van der Waals surface area contributed by atoms with Crippen molar-refractivity contribution in [1.29, 1.82) is 0 Å². The molecule has 1 N–H and O–H groups in total. The van der Waals surface area contributed by atoms with Crippen LogP contribution in [0.5, 0.6) is 5.75 Å². The topological polar surface area (TPSA) is 46.5 Å². The molecule has 4 rings (SSSR count). The summed E-state index contributed by atoms with van der Waals surface area (Å²) in [5, 5.41) is 11.7. The van der Waals surface area contributed by atoms with Gasteiger partial charge in [-0.1, -0.05) is 91.0 Å². The second-order valence-corrected chi connectivity index (χ2v) is 7.49. The van der Waals surface area contributed by atoms with Gasteiger partial charge in [0.1, 0.15) is 5.75 Å². The van der Waals surface area contributed by atoms with E-state index in [0.29, 0.717) is 12.2 Å². The predicted molar refractivity (Wildman–Crippen MR) is 124 cm³/mol. The van der Waals surface area contributed by atoms with E-state index < -0.39 is 11.6 Å². The van der Waals surface area contributed by atoms with Crippen molar-refractivity contribution in [2.24, 2.45) is 0 Å². The molecule has 4 aromatic rings. The minimum absolute atomic E-state index is 0.0932. The van der Waals surface area contributed by atoms with Gasteiger partial charge in [-0.05, 0) is 28.5 Å². The van der Waals surface area contributed by atoms with Gasteiger partial charge in [-0.2, -0.15) is 0 Å². The van der Waals surface area contributed by atoms with Crippen LogP contribution in [0.15, 0.2) is 110 Å². The van der Waals surface area contributed by atoms with Crippen LogP contribution < -0.4 is 4.74 Å². The van der Waals surface area contributed by atoms with Gasteiger partial charge in [-0.3, -0.25) is 4.79 Å². The highest BCUT2D eigenvalue weighted by Crippen LogP contribution is 2.43. The van der Waals surface area contributed by atoms with Crippen LogP contribution >= 0.6 is 0 Å². The molecule has 0 aromatic heterocycles. The number of carboxylic acid groups (broad SMARTS) is 1.